The number of halogens is 3. The fourth-order valence-electron chi connectivity index (χ4n) is 3.58. The molecule has 25 heavy (non-hydrogen) atoms. The molecule has 0 aliphatic carbocycles. The van der Waals surface area contributed by atoms with Crippen LogP contribution in [0.2, 0.25) is 0 Å². The lowest BCUT2D eigenvalue weighted by Crippen LogP contribution is -2.46. The van der Waals surface area contributed by atoms with Crippen molar-refractivity contribution in [1.82, 2.24) is 10.2 Å². The van der Waals surface area contributed by atoms with Crippen LogP contribution < -0.4 is 14.8 Å². The summed E-state index contributed by atoms with van der Waals surface area (Å²) in [6, 6.07) is 4.33. The van der Waals surface area contributed by atoms with Crippen LogP contribution in [0.5, 0.6) is 11.5 Å². The van der Waals surface area contributed by atoms with Crippen LogP contribution in [0.25, 0.3) is 0 Å². The molecule has 1 fully saturated rings. The second kappa shape index (κ2) is 8.76. The molecule has 1 N–H and O–H groups in total. The van der Waals surface area contributed by atoms with Gasteiger partial charge in [0.25, 0.3) is 0 Å². The molecule has 2 rings (SSSR count). The Hall–Kier alpha value is -1.47. The third-order valence-electron chi connectivity index (χ3n) is 4.58. The summed E-state index contributed by atoms with van der Waals surface area (Å²) in [4.78, 5) is 2.33. The number of alkyl halides is 3. The Morgan fingerprint density at radius 2 is 1.92 bits per heavy atom. The number of piperazine rings is 1. The first kappa shape index (κ1) is 19.8. The summed E-state index contributed by atoms with van der Waals surface area (Å²) in [5, 5.41) is 3.32. The standard InChI is InChI=1S/C18H27F3N2O2/c1-4-5-13(2)17(23-10-8-22-9-11-23)15-12-14(25-18(19,20)21)6-7-16(15)24-3/h6-7,12-13,17,22H,4-5,8-11H2,1-3H3/t13?,17-/m1/s1. The van der Waals surface area contributed by atoms with Gasteiger partial charge in [0.1, 0.15) is 11.5 Å². The number of nitrogens with zero attached hydrogens (tertiary/aromatic N) is 1. The van der Waals surface area contributed by atoms with Gasteiger partial charge in [-0.05, 0) is 30.5 Å². The van der Waals surface area contributed by atoms with Gasteiger partial charge in [-0.3, -0.25) is 4.90 Å². The first-order chi connectivity index (χ1) is 11.9. The number of benzene rings is 1. The normalized spacial score (nSPS) is 18.6. The maximum absolute atomic E-state index is 12.6. The molecule has 1 aliphatic rings. The minimum atomic E-state index is -4.70. The van der Waals surface area contributed by atoms with Crippen LogP contribution in [0.15, 0.2) is 18.2 Å². The lowest BCUT2D eigenvalue weighted by atomic mass is 9.88. The van der Waals surface area contributed by atoms with Crippen molar-refractivity contribution in [3.05, 3.63) is 23.8 Å². The van der Waals surface area contributed by atoms with E-state index in [1.807, 2.05) is 0 Å². The van der Waals surface area contributed by atoms with Crippen LogP contribution in [0.3, 0.4) is 0 Å². The predicted octanol–water partition coefficient (Wildman–Crippen LogP) is 3.98. The largest absolute Gasteiger partial charge is 0.573 e. The third-order valence-corrected chi connectivity index (χ3v) is 4.58. The van der Waals surface area contributed by atoms with Crippen LogP contribution in [0, 0.1) is 5.92 Å². The highest BCUT2D eigenvalue weighted by Gasteiger charge is 2.33. The Kier molecular flexibility index (Phi) is 6.95. The highest BCUT2D eigenvalue weighted by atomic mass is 19.4. The molecular formula is C18H27F3N2O2. The van der Waals surface area contributed by atoms with Gasteiger partial charge in [-0.15, -0.1) is 13.2 Å². The molecule has 1 saturated heterocycles. The van der Waals surface area contributed by atoms with Crippen molar-refractivity contribution >= 4 is 0 Å². The molecule has 4 nitrogen and oxygen atoms in total. The molecule has 1 heterocycles. The minimum absolute atomic E-state index is 0.00576. The predicted molar refractivity (Wildman–Crippen MR) is 90.9 cm³/mol. The fourth-order valence-corrected chi connectivity index (χ4v) is 3.58. The van der Waals surface area contributed by atoms with E-state index in [1.165, 1.54) is 12.1 Å². The molecule has 0 bridgehead atoms. The van der Waals surface area contributed by atoms with E-state index in [9.17, 15) is 13.2 Å². The van der Waals surface area contributed by atoms with Crippen LogP contribution in [-0.4, -0.2) is 44.6 Å². The van der Waals surface area contributed by atoms with Crippen molar-refractivity contribution in [1.29, 1.82) is 0 Å². The van der Waals surface area contributed by atoms with Crippen molar-refractivity contribution in [3.63, 3.8) is 0 Å². The average Bonchev–Trinajstić information content (AvgIpc) is 2.55. The third kappa shape index (κ3) is 5.51. The molecule has 7 heteroatoms. The Labute approximate surface area is 147 Å². The summed E-state index contributed by atoms with van der Waals surface area (Å²) >= 11 is 0. The van der Waals surface area contributed by atoms with Gasteiger partial charge in [-0.1, -0.05) is 20.3 Å². The summed E-state index contributed by atoms with van der Waals surface area (Å²) in [5.41, 5.74) is 0.757. The second-order valence-electron chi connectivity index (χ2n) is 6.45. The number of hydrogen-bond acceptors (Lipinski definition) is 4. The first-order valence-electron chi connectivity index (χ1n) is 8.74. The van der Waals surface area contributed by atoms with Gasteiger partial charge >= 0.3 is 6.36 Å². The molecule has 0 spiro atoms. The zero-order chi connectivity index (χ0) is 18.4. The molecule has 0 radical (unpaired) electrons. The van der Waals surface area contributed by atoms with E-state index >= 15 is 0 Å². The Bertz CT molecular complexity index is 546. The summed E-state index contributed by atoms with van der Waals surface area (Å²) in [5.74, 6) is 0.686. The fraction of sp³-hybridized carbons (Fsp3) is 0.667. The molecule has 0 aromatic heterocycles. The van der Waals surface area contributed by atoms with Gasteiger partial charge in [0.05, 0.1) is 7.11 Å². The summed E-state index contributed by atoms with van der Waals surface area (Å²) in [7, 11) is 1.54. The van der Waals surface area contributed by atoms with Crippen LogP contribution in [0.1, 0.15) is 38.3 Å². The molecule has 1 unspecified atom stereocenters. The van der Waals surface area contributed by atoms with Crippen LogP contribution in [-0.2, 0) is 0 Å². The lowest BCUT2D eigenvalue weighted by molar-refractivity contribution is -0.274. The van der Waals surface area contributed by atoms with E-state index in [4.69, 9.17) is 4.74 Å². The molecule has 2 atom stereocenters. The van der Waals surface area contributed by atoms with E-state index in [0.717, 1.165) is 44.6 Å². The summed E-state index contributed by atoms with van der Waals surface area (Å²) in [6.45, 7) is 7.71. The minimum Gasteiger partial charge on any atom is -0.496 e. The van der Waals surface area contributed by atoms with E-state index in [2.05, 4.69) is 28.8 Å². The smallest absolute Gasteiger partial charge is 0.496 e. The second-order valence-corrected chi connectivity index (χ2v) is 6.45. The SMILES string of the molecule is CCCC(C)[C@H](c1cc(OC(F)(F)F)ccc1OC)N1CCNCC1. The molecular weight excluding hydrogens is 333 g/mol. The Morgan fingerprint density at radius 1 is 1.24 bits per heavy atom. The molecule has 1 aromatic rings. The van der Waals surface area contributed by atoms with Crippen molar-refractivity contribution in [2.45, 2.75) is 39.1 Å². The number of rotatable bonds is 7. The first-order valence-corrected chi connectivity index (χ1v) is 8.74. The molecule has 142 valence electrons. The van der Waals surface area contributed by atoms with Gasteiger partial charge in [-0.2, -0.15) is 0 Å². The van der Waals surface area contributed by atoms with Gasteiger partial charge in [-0.25, -0.2) is 0 Å². The number of ether oxygens (including phenoxy) is 2. The van der Waals surface area contributed by atoms with Gasteiger partial charge in [0.15, 0.2) is 0 Å². The van der Waals surface area contributed by atoms with E-state index in [1.54, 1.807) is 13.2 Å². The van der Waals surface area contributed by atoms with Crippen molar-refractivity contribution in [2.75, 3.05) is 33.3 Å². The molecule has 0 amide bonds. The zero-order valence-corrected chi connectivity index (χ0v) is 15.0. The Morgan fingerprint density at radius 3 is 2.48 bits per heavy atom. The number of methoxy groups -OCH3 is 1. The highest BCUT2D eigenvalue weighted by molar-refractivity contribution is 5.42. The van der Waals surface area contributed by atoms with E-state index < -0.39 is 6.36 Å². The van der Waals surface area contributed by atoms with E-state index in [0.29, 0.717) is 5.75 Å². The average molecular weight is 360 g/mol. The van der Waals surface area contributed by atoms with Crippen LogP contribution in [0.4, 0.5) is 13.2 Å². The monoisotopic (exact) mass is 360 g/mol. The summed E-state index contributed by atoms with van der Waals surface area (Å²) in [6.07, 6.45) is -2.70. The van der Waals surface area contributed by atoms with Crippen molar-refractivity contribution < 1.29 is 22.6 Å². The quantitative estimate of drug-likeness (QED) is 0.798. The van der Waals surface area contributed by atoms with Gasteiger partial charge < -0.3 is 14.8 Å². The maximum atomic E-state index is 12.6. The number of nitrogens with one attached hydrogen (secondary N) is 1. The molecule has 1 aromatic carbocycles. The molecule has 0 saturated carbocycles. The summed E-state index contributed by atoms with van der Waals surface area (Å²) < 4.78 is 47.4. The highest BCUT2D eigenvalue weighted by Crippen LogP contribution is 2.39. The van der Waals surface area contributed by atoms with Crippen molar-refractivity contribution in [2.24, 2.45) is 5.92 Å². The van der Waals surface area contributed by atoms with E-state index in [-0.39, 0.29) is 17.7 Å². The lowest BCUT2D eigenvalue weighted by Gasteiger charge is -2.39. The maximum Gasteiger partial charge on any atom is 0.573 e. The van der Waals surface area contributed by atoms with Gasteiger partial charge in [0.2, 0.25) is 0 Å². The number of hydrogen-bond donors (Lipinski definition) is 1. The van der Waals surface area contributed by atoms with Crippen molar-refractivity contribution in [3.8, 4) is 11.5 Å². The Balaban J connectivity index is 2.40. The topological polar surface area (TPSA) is 33.7 Å². The van der Waals surface area contributed by atoms with Crippen LogP contribution >= 0.6 is 0 Å². The van der Waals surface area contributed by atoms with Gasteiger partial charge in [0, 0.05) is 37.8 Å². The zero-order valence-electron chi connectivity index (χ0n) is 15.0. The molecule has 1 aliphatic heterocycles.